The fraction of sp³-hybridized carbons (Fsp3) is 1.00. The summed E-state index contributed by atoms with van der Waals surface area (Å²) in [6.45, 7) is 1.14. The van der Waals surface area contributed by atoms with Crippen LogP contribution >= 0.6 is 0 Å². The molecule has 5 heavy (non-hydrogen) atoms. The van der Waals surface area contributed by atoms with E-state index in [2.05, 4.69) is 24.7 Å². The van der Waals surface area contributed by atoms with E-state index in [1.54, 1.807) is 0 Å². The first-order valence-electron chi connectivity index (χ1n) is 1.97. The van der Waals surface area contributed by atoms with Crippen molar-refractivity contribution in [2.75, 3.05) is 20.8 Å². The molecule has 0 aromatic heterocycles. The Morgan fingerprint density at radius 3 is 1.60 bits per heavy atom. The number of rotatable bonds is 2. The third kappa shape index (κ3) is 3.92. The predicted octanol–water partition coefficient (Wildman–Crippen LogP) is -2.67. The van der Waals surface area contributed by atoms with E-state index >= 15 is 0 Å². The lowest BCUT2D eigenvalue weighted by Crippen LogP contribution is -3.02. The van der Waals surface area contributed by atoms with Crippen LogP contribution in [0.25, 0.3) is 0 Å². The SMILES string of the molecule is C[NH2+]C[NH2+]C. The lowest BCUT2D eigenvalue weighted by Gasteiger charge is -1.82. The molecule has 0 unspecified atom stereocenters. The Hall–Kier alpha value is -0.0800. The van der Waals surface area contributed by atoms with Gasteiger partial charge in [-0.3, -0.25) is 0 Å². The van der Waals surface area contributed by atoms with Crippen molar-refractivity contribution in [1.29, 1.82) is 0 Å². The fourth-order valence-electron chi connectivity index (χ4n) is 0.236. The van der Waals surface area contributed by atoms with Crippen LogP contribution < -0.4 is 10.6 Å². The van der Waals surface area contributed by atoms with Gasteiger partial charge in [-0.15, -0.1) is 0 Å². The Bertz CT molecular complexity index is 12.4. The summed E-state index contributed by atoms with van der Waals surface area (Å²) in [6, 6.07) is 0. The van der Waals surface area contributed by atoms with Gasteiger partial charge >= 0.3 is 0 Å². The van der Waals surface area contributed by atoms with Gasteiger partial charge in [0.1, 0.15) is 0 Å². The Morgan fingerprint density at radius 2 is 1.60 bits per heavy atom. The van der Waals surface area contributed by atoms with Gasteiger partial charge in [-0.2, -0.15) is 0 Å². The molecule has 0 bridgehead atoms. The molecule has 0 heterocycles. The number of hydrogen-bond acceptors (Lipinski definition) is 0. The average molecular weight is 76.1 g/mol. The second-order valence-electron chi connectivity index (χ2n) is 1.05. The van der Waals surface area contributed by atoms with Gasteiger partial charge < -0.3 is 10.6 Å². The molecule has 0 aliphatic rings. The molecule has 0 fully saturated rings. The van der Waals surface area contributed by atoms with Crippen molar-refractivity contribution in [3.05, 3.63) is 0 Å². The molecule has 0 radical (unpaired) electrons. The van der Waals surface area contributed by atoms with Crippen molar-refractivity contribution in [3.63, 3.8) is 0 Å². The zero-order chi connectivity index (χ0) is 4.12. The fourth-order valence-corrected chi connectivity index (χ4v) is 0.236. The minimum absolute atomic E-state index is 1.14. The van der Waals surface area contributed by atoms with Gasteiger partial charge in [-0.25, -0.2) is 0 Å². The van der Waals surface area contributed by atoms with Crippen LogP contribution in [0.1, 0.15) is 0 Å². The molecule has 0 aliphatic carbocycles. The van der Waals surface area contributed by atoms with Crippen molar-refractivity contribution < 1.29 is 10.6 Å². The highest BCUT2D eigenvalue weighted by molar-refractivity contribution is 3.59. The van der Waals surface area contributed by atoms with Crippen LogP contribution in [0.3, 0.4) is 0 Å². The zero-order valence-electron chi connectivity index (χ0n) is 3.86. The lowest BCUT2D eigenvalue weighted by atomic mass is 11.0. The highest BCUT2D eigenvalue weighted by Crippen LogP contribution is 0.865. The molecule has 2 heteroatoms. The summed E-state index contributed by atoms with van der Waals surface area (Å²) in [5, 5.41) is 4.25. The highest BCUT2D eigenvalue weighted by Gasteiger charge is 1.68. The van der Waals surface area contributed by atoms with Gasteiger partial charge in [0.25, 0.3) is 0 Å². The largest absolute Gasteiger partial charge is 0.302 e. The van der Waals surface area contributed by atoms with Crippen molar-refractivity contribution in [3.8, 4) is 0 Å². The first-order valence-corrected chi connectivity index (χ1v) is 1.97. The molecule has 0 atom stereocenters. The van der Waals surface area contributed by atoms with Crippen LogP contribution in [0.5, 0.6) is 0 Å². The number of quaternary nitrogens is 2. The molecular formula is C3H12N2+2. The van der Waals surface area contributed by atoms with E-state index in [9.17, 15) is 0 Å². The van der Waals surface area contributed by atoms with Crippen molar-refractivity contribution in [1.82, 2.24) is 0 Å². The van der Waals surface area contributed by atoms with Crippen LogP contribution in [0.15, 0.2) is 0 Å². The first kappa shape index (κ1) is 4.92. The van der Waals surface area contributed by atoms with Crippen LogP contribution in [-0.4, -0.2) is 20.8 Å². The molecule has 0 aromatic rings. The topological polar surface area (TPSA) is 33.2 Å². The van der Waals surface area contributed by atoms with Crippen molar-refractivity contribution in [2.45, 2.75) is 0 Å². The second kappa shape index (κ2) is 3.92. The maximum Gasteiger partial charge on any atom is 0.200 e. The molecule has 0 aliphatic heterocycles. The first-order chi connectivity index (χ1) is 2.41. The molecule has 0 rings (SSSR count). The Morgan fingerprint density at radius 1 is 1.20 bits per heavy atom. The van der Waals surface area contributed by atoms with E-state index in [4.69, 9.17) is 0 Å². The van der Waals surface area contributed by atoms with E-state index < -0.39 is 0 Å². The monoisotopic (exact) mass is 76.1 g/mol. The summed E-state index contributed by atoms with van der Waals surface area (Å²) in [6.07, 6.45) is 0. The minimum Gasteiger partial charge on any atom is -0.302 e. The van der Waals surface area contributed by atoms with Gasteiger partial charge in [-0.05, 0) is 0 Å². The molecule has 0 saturated carbocycles. The van der Waals surface area contributed by atoms with Crippen molar-refractivity contribution >= 4 is 0 Å². The van der Waals surface area contributed by atoms with E-state index in [1.165, 1.54) is 0 Å². The number of nitrogens with two attached hydrogens (primary N) is 2. The summed E-state index contributed by atoms with van der Waals surface area (Å²) in [5.41, 5.74) is 0. The highest BCUT2D eigenvalue weighted by atomic mass is 15.0. The van der Waals surface area contributed by atoms with E-state index in [0.717, 1.165) is 6.67 Å². The minimum atomic E-state index is 1.14. The van der Waals surface area contributed by atoms with Gasteiger partial charge in [0, 0.05) is 0 Å². The number of hydrogen-bond donors (Lipinski definition) is 2. The maximum absolute atomic E-state index is 2.12. The van der Waals surface area contributed by atoms with Crippen LogP contribution in [0.2, 0.25) is 0 Å². The van der Waals surface area contributed by atoms with E-state index in [-0.39, 0.29) is 0 Å². The molecule has 0 aromatic carbocycles. The van der Waals surface area contributed by atoms with Gasteiger partial charge in [0.15, 0.2) is 0 Å². The van der Waals surface area contributed by atoms with E-state index in [1.807, 2.05) is 0 Å². The summed E-state index contributed by atoms with van der Waals surface area (Å²) in [4.78, 5) is 0. The zero-order valence-corrected chi connectivity index (χ0v) is 3.86. The third-order valence-electron chi connectivity index (χ3n) is 0.471. The Labute approximate surface area is 32.6 Å². The van der Waals surface area contributed by atoms with Gasteiger partial charge in [0.05, 0.1) is 14.1 Å². The smallest absolute Gasteiger partial charge is 0.200 e. The average Bonchev–Trinajstić information content (AvgIpc) is 1.41. The molecule has 0 saturated heterocycles. The lowest BCUT2D eigenvalue weighted by molar-refractivity contribution is -0.835. The summed E-state index contributed by atoms with van der Waals surface area (Å²) in [5.74, 6) is 0. The molecule has 0 spiro atoms. The predicted molar refractivity (Wildman–Crippen MR) is 20.6 cm³/mol. The van der Waals surface area contributed by atoms with Crippen LogP contribution in [0, 0.1) is 0 Å². The summed E-state index contributed by atoms with van der Waals surface area (Å²) < 4.78 is 0. The Kier molecular flexibility index (Phi) is 3.86. The van der Waals surface area contributed by atoms with E-state index in [0.29, 0.717) is 0 Å². The van der Waals surface area contributed by atoms with Gasteiger partial charge in [-0.1, -0.05) is 0 Å². The van der Waals surface area contributed by atoms with Crippen molar-refractivity contribution in [2.24, 2.45) is 0 Å². The molecule has 32 valence electrons. The standard InChI is InChI=1S/C3H10N2/c1-4-3-5-2/h4-5H,3H2,1-2H3/p+2. The Balaban J connectivity index is 2.19. The normalized spacial score (nSPS) is 8.40. The quantitative estimate of drug-likeness (QED) is 0.336. The maximum atomic E-state index is 2.12. The summed E-state index contributed by atoms with van der Waals surface area (Å²) in [7, 11) is 4.11. The van der Waals surface area contributed by atoms with Crippen LogP contribution in [0.4, 0.5) is 0 Å². The molecule has 2 nitrogen and oxygen atoms in total. The van der Waals surface area contributed by atoms with Gasteiger partial charge in [0.2, 0.25) is 6.67 Å². The van der Waals surface area contributed by atoms with Crippen LogP contribution in [-0.2, 0) is 0 Å². The molecule has 4 N–H and O–H groups in total. The molecular weight excluding hydrogens is 64.0 g/mol. The third-order valence-corrected chi connectivity index (χ3v) is 0.471. The summed E-state index contributed by atoms with van der Waals surface area (Å²) >= 11 is 0. The second-order valence-corrected chi connectivity index (χ2v) is 1.05. The molecule has 0 amide bonds.